The van der Waals surface area contributed by atoms with E-state index in [1.54, 1.807) is 6.07 Å². The molecule has 1 fully saturated rings. The summed E-state index contributed by atoms with van der Waals surface area (Å²) in [4.78, 5) is 1.01. The number of hydrogen-bond acceptors (Lipinski definition) is 5. The average Bonchev–Trinajstić information content (AvgIpc) is 2.80. The van der Waals surface area contributed by atoms with Crippen LogP contribution in [0.2, 0.25) is 0 Å². The third-order valence-corrected chi connectivity index (χ3v) is 5.83. The molecule has 1 aromatic rings. The molecule has 18 heavy (non-hydrogen) atoms. The van der Waals surface area contributed by atoms with Crippen LogP contribution in [0.5, 0.6) is 0 Å². The van der Waals surface area contributed by atoms with Gasteiger partial charge in [0, 0.05) is 24.1 Å². The van der Waals surface area contributed by atoms with Crippen LogP contribution >= 0.6 is 11.3 Å². The first kappa shape index (κ1) is 14.0. The van der Waals surface area contributed by atoms with Crippen molar-refractivity contribution in [1.82, 2.24) is 10.0 Å². The second kappa shape index (κ2) is 6.12. The van der Waals surface area contributed by atoms with Crippen LogP contribution in [-0.2, 0) is 21.3 Å². The van der Waals surface area contributed by atoms with Gasteiger partial charge in [0.25, 0.3) is 0 Å². The molecule has 7 heteroatoms. The van der Waals surface area contributed by atoms with Crippen LogP contribution in [0.3, 0.4) is 0 Å². The maximum absolute atomic E-state index is 12.1. The summed E-state index contributed by atoms with van der Waals surface area (Å²) in [7, 11) is -1.56. The van der Waals surface area contributed by atoms with Crippen molar-refractivity contribution in [3.63, 3.8) is 0 Å². The Kier molecular flexibility index (Phi) is 4.74. The molecule has 1 aliphatic heterocycles. The smallest absolute Gasteiger partial charge is 0.250 e. The monoisotopic (exact) mass is 290 g/mol. The summed E-state index contributed by atoms with van der Waals surface area (Å²) in [5.74, 6) is 0. The Balaban J connectivity index is 2.04. The third kappa shape index (κ3) is 3.52. The van der Waals surface area contributed by atoms with Gasteiger partial charge in [-0.1, -0.05) is 0 Å². The molecule has 1 unspecified atom stereocenters. The van der Waals surface area contributed by atoms with E-state index < -0.39 is 10.0 Å². The Labute approximate surface area is 112 Å². The molecule has 0 spiro atoms. The molecule has 1 aliphatic rings. The highest BCUT2D eigenvalue weighted by Gasteiger charge is 2.23. The zero-order valence-electron chi connectivity index (χ0n) is 10.3. The largest absolute Gasteiger partial charge is 0.380 e. The van der Waals surface area contributed by atoms with Crippen molar-refractivity contribution in [1.29, 1.82) is 0 Å². The van der Waals surface area contributed by atoms with Gasteiger partial charge in [-0.2, -0.15) is 0 Å². The highest BCUT2D eigenvalue weighted by molar-refractivity contribution is 7.91. The molecule has 0 amide bonds. The number of nitrogens with one attached hydrogen (secondary N) is 2. The summed E-state index contributed by atoms with van der Waals surface area (Å²) in [6.07, 6.45) is 1.75. The van der Waals surface area contributed by atoms with Crippen LogP contribution in [0.4, 0.5) is 0 Å². The first-order chi connectivity index (χ1) is 8.62. The van der Waals surface area contributed by atoms with Crippen LogP contribution in [0.15, 0.2) is 16.3 Å². The van der Waals surface area contributed by atoms with Gasteiger partial charge in [0.2, 0.25) is 10.0 Å². The summed E-state index contributed by atoms with van der Waals surface area (Å²) < 4.78 is 32.6. The maximum atomic E-state index is 12.1. The van der Waals surface area contributed by atoms with E-state index >= 15 is 0 Å². The Morgan fingerprint density at radius 2 is 2.33 bits per heavy atom. The van der Waals surface area contributed by atoms with E-state index in [-0.39, 0.29) is 6.04 Å². The van der Waals surface area contributed by atoms with E-state index in [1.807, 2.05) is 13.1 Å². The Bertz CT molecular complexity index is 478. The SMILES string of the molecule is CNCc1ccc(S(=O)(=O)NC2CCCOC2)s1. The minimum atomic E-state index is -3.40. The van der Waals surface area contributed by atoms with Crippen molar-refractivity contribution in [2.45, 2.75) is 29.6 Å². The fourth-order valence-corrected chi connectivity index (χ4v) is 4.52. The summed E-state index contributed by atoms with van der Waals surface area (Å²) in [5.41, 5.74) is 0. The standard InChI is InChI=1S/C11H18N2O3S2/c1-12-7-10-4-5-11(17-10)18(14,15)13-9-3-2-6-16-8-9/h4-5,9,12-13H,2-3,6-8H2,1H3. The summed E-state index contributed by atoms with van der Waals surface area (Å²) in [5, 5.41) is 3.01. The van der Waals surface area contributed by atoms with Crippen LogP contribution in [-0.4, -0.2) is 34.7 Å². The summed E-state index contributed by atoms with van der Waals surface area (Å²) >= 11 is 1.30. The number of thiophene rings is 1. The third-order valence-electron chi connectivity index (χ3n) is 2.73. The van der Waals surface area contributed by atoms with E-state index in [9.17, 15) is 8.42 Å². The van der Waals surface area contributed by atoms with Crippen molar-refractivity contribution in [3.05, 3.63) is 17.0 Å². The van der Waals surface area contributed by atoms with E-state index in [1.165, 1.54) is 11.3 Å². The topological polar surface area (TPSA) is 67.4 Å². The van der Waals surface area contributed by atoms with Gasteiger partial charge in [0.1, 0.15) is 4.21 Å². The second-order valence-electron chi connectivity index (χ2n) is 4.29. The molecule has 2 rings (SSSR count). The van der Waals surface area contributed by atoms with Crippen molar-refractivity contribution < 1.29 is 13.2 Å². The van der Waals surface area contributed by atoms with Gasteiger partial charge in [0.15, 0.2) is 0 Å². The molecule has 1 aromatic heterocycles. The number of sulfonamides is 1. The number of ether oxygens (including phenoxy) is 1. The van der Waals surface area contributed by atoms with Gasteiger partial charge < -0.3 is 10.1 Å². The van der Waals surface area contributed by atoms with Crippen LogP contribution < -0.4 is 10.0 Å². The molecule has 1 saturated heterocycles. The predicted molar refractivity (Wildman–Crippen MR) is 71.2 cm³/mol. The lowest BCUT2D eigenvalue weighted by Crippen LogP contribution is -2.40. The second-order valence-corrected chi connectivity index (χ2v) is 7.40. The zero-order valence-corrected chi connectivity index (χ0v) is 11.9. The van der Waals surface area contributed by atoms with Crippen molar-refractivity contribution in [3.8, 4) is 0 Å². The summed E-state index contributed by atoms with van der Waals surface area (Å²) in [6.45, 7) is 1.88. The van der Waals surface area contributed by atoms with Gasteiger partial charge in [-0.15, -0.1) is 11.3 Å². The lowest BCUT2D eigenvalue weighted by Gasteiger charge is -2.22. The molecule has 102 valence electrons. The van der Waals surface area contributed by atoms with Gasteiger partial charge >= 0.3 is 0 Å². The molecule has 2 heterocycles. The maximum Gasteiger partial charge on any atom is 0.250 e. The molecule has 0 aliphatic carbocycles. The van der Waals surface area contributed by atoms with Gasteiger partial charge in [0.05, 0.1) is 6.61 Å². The molecule has 5 nitrogen and oxygen atoms in total. The van der Waals surface area contributed by atoms with Gasteiger partial charge in [-0.25, -0.2) is 13.1 Å². The van der Waals surface area contributed by atoms with Crippen molar-refractivity contribution >= 4 is 21.4 Å². The van der Waals surface area contributed by atoms with E-state index in [0.717, 1.165) is 24.3 Å². The molecule has 0 aromatic carbocycles. The average molecular weight is 290 g/mol. The Hall–Kier alpha value is -0.470. The highest BCUT2D eigenvalue weighted by Crippen LogP contribution is 2.22. The van der Waals surface area contributed by atoms with Gasteiger partial charge in [-0.05, 0) is 32.0 Å². The molecule has 0 bridgehead atoms. The molecule has 0 saturated carbocycles. The Morgan fingerprint density at radius 1 is 1.50 bits per heavy atom. The molecule has 1 atom stereocenters. The minimum Gasteiger partial charge on any atom is -0.380 e. The van der Waals surface area contributed by atoms with E-state index in [2.05, 4.69) is 10.0 Å². The quantitative estimate of drug-likeness (QED) is 0.846. The molecule has 2 N–H and O–H groups in total. The number of hydrogen-bond donors (Lipinski definition) is 2. The first-order valence-electron chi connectivity index (χ1n) is 5.95. The first-order valence-corrected chi connectivity index (χ1v) is 8.25. The van der Waals surface area contributed by atoms with Crippen molar-refractivity contribution in [2.24, 2.45) is 0 Å². The van der Waals surface area contributed by atoms with Crippen LogP contribution in [0, 0.1) is 0 Å². The molecule has 0 radical (unpaired) electrons. The zero-order chi connectivity index (χ0) is 13.0. The fraction of sp³-hybridized carbons (Fsp3) is 0.636. The normalized spacial score (nSPS) is 21.1. The lowest BCUT2D eigenvalue weighted by molar-refractivity contribution is 0.0774. The van der Waals surface area contributed by atoms with Crippen molar-refractivity contribution in [2.75, 3.05) is 20.3 Å². The van der Waals surface area contributed by atoms with Crippen LogP contribution in [0.25, 0.3) is 0 Å². The van der Waals surface area contributed by atoms with E-state index in [0.29, 0.717) is 17.4 Å². The number of rotatable bonds is 5. The minimum absolute atomic E-state index is 0.0985. The summed E-state index contributed by atoms with van der Waals surface area (Å²) in [6, 6.07) is 3.40. The molecular weight excluding hydrogens is 272 g/mol. The van der Waals surface area contributed by atoms with Gasteiger partial charge in [-0.3, -0.25) is 0 Å². The highest BCUT2D eigenvalue weighted by atomic mass is 32.2. The molecular formula is C11H18N2O3S2. The Morgan fingerprint density at radius 3 is 3.00 bits per heavy atom. The fourth-order valence-electron chi connectivity index (χ4n) is 1.88. The van der Waals surface area contributed by atoms with Crippen LogP contribution in [0.1, 0.15) is 17.7 Å². The van der Waals surface area contributed by atoms with E-state index in [4.69, 9.17) is 4.74 Å². The lowest BCUT2D eigenvalue weighted by atomic mass is 10.1. The predicted octanol–water partition coefficient (Wildman–Crippen LogP) is 0.925.